The van der Waals surface area contributed by atoms with Crippen LogP contribution in [0, 0.1) is 0 Å². The van der Waals surface area contributed by atoms with E-state index < -0.39 is 6.29 Å². The van der Waals surface area contributed by atoms with Gasteiger partial charge in [-0.2, -0.15) is 0 Å². The summed E-state index contributed by atoms with van der Waals surface area (Å²) in [6.07, 6.45) is 6.93. The fraction of sp³-hybridized carbons (Fsp3) is 1.00. The molecule has 0 heterocycles. The van der Waals surface area contributed by atoms with E-state index in [1.807, 2.05) is 0 Å². The fourth-order valence-electron chi connectivity index (χ4n) is 1.27. The molecule has 0 bridgehead atoms. The van der Waals surface area contributed by atoms with Gasteiger partial charge in [0.05, 0.1) is 0 Å². The monoisotopic (exact) mass is 260 g/mol. The third kappa shape index (κ3) is 16.1. The standard InChI is InChI=1S/C10H20O2.Sr/c1-2-3-4-5-6-7-8-9-10(11)12;/h10H,2-9H2,1H3;/q-2;+2. The molecular formula is C10H20O2Sr. The first-order chi connectivity index (χ1) is 5.77. The number of hydrogen-bond acceptors (Lipinski definition) is 2. The van der Waals surface area contributed by atoms with E-state index in [2.05, 4.69) is 6.92 Å². The summed E-state index contributed by atoms with van der Waals surface area (Å²) in [5, 5.41) is 20.2. The van der Waals surface area contributed by atoms with E-state index in [1.54, 1.807) is 0 Å². The molecule has 0 aromatic heterocycles. The van der Waals surface area contributed by atoms with Crippen LogP contribution in [0.3, 0.4) is 0 Å². The predicted octanol–water partition coefficient (Wildman–Crippen LogP) is 0.793. The Bertz CT molecular complexity index is 87.0. The van der Waals surface area contributed by atoms with Crippen molar-refractivity contribution in [1.82, 2.24) is 0 Å². The maximum Gasteiger partial charge on any atom is 2.00 e. The number of rotatable bonds is 8. The van der Waals surface area contributed by atoms with Crippen LogP contribution in [0.15, 0.2) is 0 Å². The van der Waals surface area contributed by atoms with Crippen molar-refractivity contribution in [2.75, 3.05) is 0 Å². The molecule has 0 N–H and O–H groups in total. The zero-order valence-electron chi connectivity index (χ0n) is 8.76. The Morgan fingerprint density at radius 2 is 1.31 bits per heavy atom. The second-order valence-electron chi connectivity index (χ2n) is 3.34. The summed E-state index contributed by atoms with van der Waals surface area (Å²) in [7, 11) is 0. The SMILES string of the molecule is CCCCCCCCCC([O-])[O-].[Sr+2]. The Hall–Kier alpha value is 1.40. The first-order valence-corrected chi connectivity index (χ1v) is 5.09. The Morgan fingerprint density at radius 1 is 0.846 bits per heavy atom. The molecule has 0 aliphatic heterocycles. The van der Waals surface area contributed by atoms with Crippen LogP contribution in [-0.4, -0.2) is 51.8 Å². The summed E-state index contributed by atoms with van der Waals surface area (Å²) < 4.78 is 0. The average molecular weight is 260 g/mol. The van der Waals surface area contributed by atoms with Gasteiger partial charge < -0.3 is 10.2 Å². The maximum atomic E-state index is 10.1. The van der Waals surface area contributed by atoms with Crippen LogP contribution in [0.4, 0.5) is 0 Å². The van der Waals surface area contributed by atoms with Gasteiger partial charge in [-0.1, -0.05) is 58.3 Å². The van der Waals surface area contributed by atoms with E-state index in [-0.39, 0.29) is 45.5 Å². The van der Waals surface area contributed by atoms with E-state index in [0.29, 0.717) is 6.42 Å². The first-order valence-electron chi connectivity index (χ1n) is 5.09. The zero-order chi connectivity index (χ0) is 9.23. The van der Waals surface area contributed by atoms with E-state index in [0.717, 1.165) is 12.8 Å². The van der Waals surface area contributed by atoms with Crippen molar-refractivity contribution in [1.29, 1.82) is 0 Å². The van der Waals surface area contributed by atoms with Gasteiger partial charge in [0, 0.05) is 0 Å². The molecule has 0 atom stereocenters. The van der Waals surface area contributed by atoms with Crippen LogP contribution >= 0.6 is 0 Å². The number of hydrogen-bond donors (Lipinski definition) is 0. The van der Waals surface area contributed by atoms with Gasteiger partial charge in [0.25, 0.3) is 0 Å². The summed E-state index contributed by atoms with van der Waals surface area (Å²) in [4.78, 5) is 0. The molecule has 0 saturated heterocycles. The van der Waals surface area contributed by atoms with Crippen LogP contribution in [-0.2, 0) is 0 Å². The summed E-state index contributed by atoms with van der Waals surface area (Å²) in [5.74, 6) is 0. The molecule has 0 spiro atoms. The molecule has 13 heavy (non-hydrogen) atoms. The molecule has 0 aliphatic rings. The van der Waals surface area contributed by atoms with E-state index in [1.165, 1.54) is 32.1 Å². The molecule has 0 saturated carbocycles. The molecule has 0 radical (unpaired) electrons. The largest absolute Gasteiger partial charge is 2.00 e. The minimum absolute atomic E-state index is 0. The molecule has 0 fully saturated rings. The topological polar surface area (TPSA) is 46.1 Å². The minimum atomic E-state index is -1.60. The summed E-state index contributed by atoms with van der Waals surface area (Å²) >= 11 is 0. The van der Waals surface area contributed by atoms with Gasteiger partial charge >= 0.3 is 45.5 Å². The van der Waals surface area contributed by atoms with Crippen LogP contribution in [0.5, 0.6) is 0 Å². The molecule has 3 heteroatoms. The molecule has 74 valence electrons. The molecular weight excluding hydrogens is 240 g/mol. The second-order valence-corrected chi connectivity index (χ2v) is 3.34. The van der Waals surface area contributed by atoms with Gasteiger partial charge in [-0.3, -0.25) is 0 Å². The van der Waals surface area contributed by atoms with Crippen LogP contribution in [0.2, 0.25) is 0 Å². The molecule has 0 aliphatic carbocycles. The van der Waals surface area contributed by atoms with Gasteiger partial charge in [0.2, 0.25) is 0 Å². The van der Waals surface area contributed by atoms with Gasteiger partial charge in [-0.15, -0.1) is 0 Å². The molecule has 2 nitrogen and oxygen atoms in total. The third-order valence-corrected chi connectivity index (χ3v) is 2.04. The zero-order valence-corrected chi connectivity index (χ0v) is 12.2. The van der Waals surface area contributed by atoms with Gasteiger partial charge in [0.15, 0.2) is 0 Å². The smallest absolute Gasteiger partial charge is 0.865 e. The van der Waals surface area contributed by atoms with Gasteiger partial charge in [-0.25, -0.2) is 6.29 Å². The third-order valence-electron chi connectivity index (χ3n) is 2.04. The summed E-state index contributed by atoms with van der Waals surface area (Å²) in [6.45, 7) is 2.19. The molecule has 0 aromatic rings. The fourth-order valence-corrected chi connectivity index (χ4v) is 1.27. The molecule has 0 rings (SSSR count). The molecule has 0 aromatic carbocycles. The van der Waals surface area contributed by atoms with Crippen molar-refractivity contribution in [3.63, 3.8) is 0 Å². The van der Waals surface area contributed by atoms with E-state index in [9.17, 15) is 10.2 Å². The number of unbranched alkanes of at least 4 members (excludes halogenated alkanes) is 6. The van der Waals surface area contributed by atoms with Crippen molar-refractivity contribution in [3.8, 4) is 0 Å². The van der Waals surface area contributed by atoms with Crippen molar-refractivity contribution in [2.45, 2.75) is 64.6 Å². The summed E-state index contributed by atoms with van der Waals surface area (Å²) in [6, 6.07) is 0. The molecule has 0 amide bonds. The van der Waals surface area contributed by atoms with E-state index >= 15 is 0 Å². The second kappa shape index (κ2) is 13.4. The van der Waals surface area contributed by atoms with Crippen LogP contribution in [0.25, 0.3) is 0 Å². The van der Waals surface area contributed by atoms with Crippen LogP contribution in [0.1, 0.15) is 58.3 Å². The minimum Gasteiger partial charge on any atom is -0.865 e. The quantitative estimate of drug-likeness (QED) is 0.368. The van der Waals surface area contributed by atoms with Crippen molar-refractivity contribution in [2.24, 2.45) is 0 Å². The van der Waals surface area contributed by atoms with Crippen LogP contribution < -0.4 is 10.2 Å². The van der Waals surface area contributed by atoms with Crippen molar-refractivity contribution < 1.29 is 10.2 Å². The van der Waals surface area contributed by atoms with Gasteiger partial charge in [0.1, 0.15) is 0 Å². The predicted molar refractivity (Wildman–Crippen MR) is 52.2 cm³/mol. The Balaban J connectivity index is 0. The Kier molecular flexibility index (Phi) is 17.3. The normalized spacial score (nSPS) is 10.2. The average Bonchev–Trinajstić information content (AvgIpc) is 2.02. The Labute approximate surface area is 119 Å². The van der Waals surface area contributed by atoms with Crippen molar-refractivity contribution >= 4 is 45.5 Å². The first kappa shape index (κ1) is 16.8. The van der Waals surface area contributed by atoms with E-state index in [4.69, 9.17) is 0 Å². The van der Waals surface area contributed by atoms with Gasteiger partial charge in [-0.05, 0) is 0 Å². The molecule has 0 unspecified atom stereocenters. The van der Waals surface area contributed by atoms with Crippen molar-refractivity contribution in [3.05, 3.63) is 0 Å². The Morgan fingerprint density at radius 3 is 1.77 bits per heavy atom. The maximum absolute atomic E-state index is 10.1. The summed E-state index contributed by atoms with van der Waals surface area (Å²) in [5.41, 5.74) is 0.